The third-order valence-electron chi connectivity index (χ3n) is 3.04. The molecule has 0 radical (unpaired) electrons. The molecule has 2 aromatic carbocycles. The molecule has 3 aromatic rings. The van der Waals surface area contributed by atoms with Crippen LogP contribution in [0.2, 0.25) is 0 Å². The lowest BCUT2D eigenvalue weighted by Gasteiger charge is -2.06. The summed E-state index contributed by atoms with van der Waals surface area (Å²) in [4.78, 5) is 12.0. The van der Waals surface area contributed by atoms with Crippen molar-refractivity contribution in [1.29, 1.82) is 0 Å². The molecular formula is C17H12BrNO2. The molecule has 0 saturated carbocycles. The summed E-state index contributed by atoms with van der Waals surface area (Å²) in [7, 11) is 0. The summed E-state index contributed by atoms with van der Waals surface area (Å²) in [6.07, 6.45) is 3.08. The molecule has 0 aliphatic carbocycles. The highest BCUT2D eigenvalue weighted by Gasteiger charge is 2.03. The van der Waals surface area contributed by atoms with Gasteiger partial charge in [-0.25, -0.2) is 0 Å². The van der Waals surface area contributed by atoms with Crippen molar-refractivity contribution in [2.45, 2.75) is 0 Å². The summed E-state index contributed by atoms with van der Waals surface area (Å²) in [5.74, 6) is 0.425. The highest BCUT2D eigenvalue weighted by atomic mass is 79.9. The minimum atomic E-state index is -0.195. The van der Waals surface area contributed by atoms with E-state index in [4.69, 9.17) is 4.42 Å². The number of benzene rings is 2. The fourth-order valence-electron chi connectivity index (χ4n) is 2.08. The topological polar surface area (TPSA) is 42.2 Å². The van der Waals surface area contributed by atoms with Crippen molar-refractivity contribution < 1.29 is 9.21 Å². The van der Waals surface area contributed by atoms with Crippen LogP contribution in [0.5, 0.6) is 0 Å². The molecule has 3 rings (SSSR count). The van der Waals surface area contributed by atoms with Gasteiger partial charge in [-0.3, -0.25) is 4.79 Å². The van der Waals surface area contributed by atoms with Crippen molar-refractivity contribution in [1.82, 2.24) is 0 Å². The summed E-state index contributed by atoms with van der Waals surface area (Å²) in [6.45, 7) is 0. The average molecular weight is 342 g/mol. The van der Waals surface area contributed by atoms with Crippen LogP contribution in [-0.4, -0.2) is 5.91 Å². The Bertz CT molecular complexity index is 815. The maximum Gasteiger partial charge on any atom is 0.248 e. The van der Waals surface area contributed by atoms with Crippen LogP contribution in [0.25, 0.3) is 16.8 Å². The Kier molecular flexibility index (Phi) is 3.88. The predicted octanol–water partition coefficient (Wildman–Crippen LogP) is 4.85. The molecule has 1 N–H and O–H groups in total. The number of carbonyl (C=O) groups is 1. The first kappa shape index (κ1) is 13.6. The maximum atomic E-state index is 12.0. The van der Waals surface area contributed by atoms with Crippen molar-refractivity contribution in [2.75, 3.05) is 5.32 Å². The summed E-state index contributed by atoms with van der Waals surface area (Å²) < 4.78 is 5.94. The van der Waals surface area contributed by atoms with Gasteiger partial charge >= 0.3 is 0 Å². The molecule has 0 aliphatic rings. The molecule has 104 valence electrons. The Morgan fingerprint density at radius 1 is 1.05 bits per heavy atom. The minimum absolute atomic E-state index is 0.195. The molecule has 0 spiro atoms. The maximum absolute atomic E-state index is 12.0. The third-order valence-corrected chi connectivity index (χ3v) is 3.47. The van der Waals surface area contributed by atoms with Crippen molar-refractivity contribution >= 4 is 44.4 Å². The molecule has 0 aliphatic heterocycles. The largest absolute Gasteiger partial charge is 0.450 e. The molecule has 0 fully saturated rings. The van der Waals surface area contributed by atoms with E-state index in [1.54, 1.807) is 18.2 Å². The van der Waals surface area contributed by atoms with E-state index in [-0.39, 0.29) is 5.91 Å². The summed E-state index contributed by atoms with van der Waals surface area (Å²) >= 11 is 3.22. The van der Waals surface area contributed by atoms with Crippen LogP contribution in [0.4, 0.5) is 5.69 Å². The number of anilines is 1. The number of rotatable bonds is 3. The Labute approximate surface area is 130 Å². The minimum Gasteiger partial charge on any atom is -0.450 e. The SMILES string of the molecule is O=C(/C=C/c1ccc(Br)o1)Nc1cccc2ccccc12. The summed E-state index contributed by atoms with van der Waals surface area (Å²) in [6, 6.07) is 17.3. The standard InChI is InChI=1S/C17H12BrNO2/c18-16-10-8-13(21-16)9-11-17(20)19-15-7-3-5-12-4-1-2-6-14(12)15/h1-11H,(H,19,20)/b11-9+. The number of amides is 1. The lowest BCUT2D eigenvalue weighted by molar-refractivity contribution is -0.111. The second-order valence-corrected chi connectivity index (χ2v) is 5.27. The molecular weight excluding hydrogens is 330 g/mol. The van der Waals surface area contributed by atoms with E-state index in [2.05, 4.69) is 21.2 Å². The summed E-state index contributed by atoms with van der Waals surface area (Å²) in [5.41, 5.74) is 0.795. The first-order valence-electron chi connectivity index (χ1n) is 6.44. The van der Waals surface area contributed by atoms with Gasteiger partial charge in [-0.2, -0.15) is 0 Å². The quantitative estimate of drug-likeness (QED) is 0.692. The lowest BCUT2D eigenvalue weighted by Crippen LogP contribution is -2.07. The number of fused-ring (bicyclic) bond motifs is 1. The van der Waals surface area contributed by atoms with Gasteiger partial charge in [-0.15, -0.1) is 0 Å². The normalized spacial score (nSPS) is 11.1. The van der Waals surface area contributed by atoms with E-state index in [1.807, 2.05) is 42.5 Å². The molecule has 0 saturated heterocycles. The van der Waals surface area contributed by atoms with Crippen LogP contribution in [-0.2, 0) is 4.79 Å². The molecule has 21 heavy (non-hydrogen) atoms. The monoisotopic (exact) mass is 341 g/mol. The van der Waals surface area contributed by atoms with Crippen molar-refractivity contribution in [3.05, 3.63) is 71.1 Å². The first-order chi connectivity index (χ1) is 10.2. The number of nitrogens with one attached hydrogen (secondary N) is 1. The zero-order valence-corrected chi connectivity index (χ0v) is 12.6. The van der Waals surface area contributed by atoms with E-state index in [9.17, 15) is 4.79 Å². The molecule has 0 unspecified atom stereocenters. The van der Waals surface area contributed by atoms with Gasteiger partial charge in [-0.05, 0) is 45.6 Å². The molecule has 4 heteroatoms. The Morgan fingerprint density at radius 3 is 2.67 bits per heavy atom. The molecule has 1 aromatic heterocycles. The van der Waals surface area contributed by atoms with Gasteiger partial charge in [0.2, 0.25) is 5.91 Å². The zero-order valence-electron chi connectivity index (χ0n) is 11.0. The molecule has 3 nitrogen and oxygen atoms in total. The van der Waals surface area contributed by atoms with Gasteiger partial charge in [-0.1, -0.05) is 36.4 Å². The number of hydrogen-bond donors (Lipinski definition) is 1. The van der Waals surface area contributed by atoms with E-state index in [0.29, 0.717) is 10.4 Å². The average Bonchev–Trinajstić information content (AvgIpc) is 2.91. The number of hydrogen-bond acceptors (Lipinski definition) is 2. The second kappa shape index (κ2) is 5.97. The number of furan rings is 1. The Hall–Kier alpha value is -2.33. The fourth-order valence-corrected chi connectivity index (χ4v) is 2.40. The Morgan fingerprint density at radius 2 is 1.86 bits per heavy atom. The Balaban J connectivity index is 1.79. The van der Waals surface area contributed by atoms with Crippen LogP contribution in [0, 0.1) is 0 Å². The second-order valence-electron chi connectivity index (χ2n) is 4.49. The molecule has 0 bridgehead atoms. The van der Waals surface area contributed by atoms with Gasteiger partial charge in [0, 0.05) is 17.1 Å². The van der Waals surface area contributed by atoms with Crippen molar-refractivity contribution in [3.8, 4) is 0 Å². The van der Waals surface area contributed by atoms with E-state index in [0.717, 1.165) is 16.5 Å². The predicted molar refractivity (Wildman–Crippen MR) is 88.0 cm³/mol. The van der Waals surface area contributed by atoms with Gasteiger partial charge in [0.15, 0.2) is 4.67 Å². The van der Waals surface area contributed by atoms with Gasteiger partial charge in [0.1, 0.15) is 5.76 Å². The smallest absolute Gasteiger partial charge is 0.248 e. The first-order valence-corrected chi connectivity index (χ1v) is 7.24. The van der Waals surface area contributed by atoms with Gasteiger partial charge in [0.25, 0.3) is 0 Å². The van der Waals surface area contributed by atoms with Crippen LogP contribution in [0.15, 0.2) is 69.8 Å². The van der Waals surface area contributed by atoms with Crippen molar-refractivity contribution in [2.24, 2.45) is 0 Å². The van der Waals surface area contributed by atoms with Crippen LogP contribution in [0.1, 0.15) is 5.76 Å². The lowest BCUT2D eigenvalue weighted by atomic mass is 10.1. The number of carbonyl (C=O) groups excluding carboxylic acids is 1. The van der Waals surface area contributed by atoms with Crippen LogP contribution in [0.3, 0.4) is 0 Å². The highest BCUT2D eigenvalue weighted by molar-refractivity contribution is 9.10. The van der Waals surface area contributed by atoms with E-state index < -0.39 is 0 Å². The van der Waals surface area contributed by atoms with Gasteiger partial charge in [0.05, 0.1) is 0 Å². The molecule has 0 atom stereocenters. The summed E-state index contributed by atoms with van der Waals surface area (Å²) in [5, 5.41) is 4.99. The fraction of sp³-hybridized carbons (Fsp3) is 0. The van der Waals surface area contributed by atoms with Crippen LogP contribution >= 0.6 is 15.9 Å². The van der Waals surface area contributed by atoms with E-state index >= 15 is 0 Å². The van der Waals surface area contributed by atoms with E-state index in [1.165, 1.54) is 6.08 Å². The molecule has 1 heterocycles. The molecule has 1 amide bonds. The van der Waals surface area contributed by atoms with Crippen molar-refractivity contribution in [3.63, 3.8) is 0 Å². The van der Waals surface area contributed by atoms with Crippen LogP contribution < -0.4 is 5.32 Å². The highest BCUT2D eigenvalue weighted by Crippen LogP contribution is 2.23. The number of halogens is 1. The third kappa shape index (κ3) is 3.23. The zero-order chi connectivity index (χ0) is 14.7. The van der Waals surface area contributed by atoms with Gasteiger partial charge < -0.3 is 9.73 Å².